The Morgan fingerprint density at radius 2 is 1.91 bits per heavy atom. The molecule has 0 aliphatic heterocycles. The van der Waals surface area contributed by atoms with Gasteiger partial charge in [-0.1, -0.05) is 35.4 Å². The summed E-state index contributed by atoms with van der Waals surface area (Å²) in [6.07, 6.45) is 3.56. The van der Waals surface area contributed by atoms with Crippen molar-refractivity contribution in [3.63, 3.8) is 0 Å². The molecule has 0 aliphatic carbocycles. The molecule has 114 valence electrons. The van der Waals surface area contributed by atoms with Gasteiger partial charge in [0.05, 0.1) is 6.20 Å². The highest BCUT2D eigenvalue weighted by molar-refractivity contribution is 6.30. The van der Waals surface area contributed by atoms with E-state index in [1.165, 1.54) is 5.56 Å². The molecule has 0 atom stereocenters. The molecule has 0 fully saturated rings. The number of ketones is 1. The third-order valence-corrected chi connectivity index (χ3v) is 3.83. The zero-order chi connectivity index (χ0) is 16.2. The molecule has 0 saturated heterocycles. The summed E-state index contributed by atoms with van der Waals surface area (Å²) < 4.78 is 1.77. The summed E-state index contributed by atoms with van der Waals surface area (Å²) in [7, 11) is 0. The van der Waals surface area contributed by atoms with Gasteiger partial charge in [-0.3, -0.25) is 4.79 Å². The maximum absolute atomic E-state index is 12.2. The van der Waals surface area contributed by atoms with Crippen LogP contribution in [0.3, 0.4) is 0 Å². The number of carbonyl (C=O) groups is 1. The normalized spacial score (nSPS) is 10.5. The minimum atomic E-state index is 0.0248. The van der Waals surface area contributed by atoms with Gasteiger partial charge in [-0.2, -0.15) is 0 Å². The predicted octanol–water partition coefficient (Wildman–Crippen LogP) is 3.88. The number of carbonyl (C=O) groups excluding carboxylic acids is 1. The van der Waals surface area contributed by atoms with E-state index in [4.69, 9.17) is 11.6 Å². The Bertz CT molecular complexity index is 827. The Morgan fingerprint density at radius 1 is 1.13 bits per heavy atom. The Hall–Kier alpha value is -2.52. The van der Waals surface area contributed by atoms with Gasteiger partial charge in [0.25, 0.3) is 6.33 Å². The first kappa shape index (κ1) is 15.4. The second-order valence-corrected chi connectivity index (χ2v) is 5.85. The van der Waals surface area contributed by atoms with Crippen molar-refractivity contribution in [1.82, 2.24) is 4.98 Å². The summed E-state index contributed by atoms with van der Waals surface area (Å²) in [6, 6.07) is 17.0. The van der Waals surface area contributed by atoms with Crippen molar-refractivity contribution in [3.05, 3.63) is 83.3 Å². The van der Waals surface area contributed by atoms with E-state index in [1.807, 2.05) is 24.4 Å². The van der Waals surface area contributed by atoms with Gasteiger partial charge in [-0.25, -0.2) is 4.57 Å². The highest BCUT2D eigenvalue weighted by atomic mass is 35.5. The van der Waals surface area contributed by atoms with Crippen LogP contribution in [-0.4, -0.2) is 10.8 Å². The second kappa shape index (κ2) is 6.71. The van der Waals surface area contributed by atoms with Crippen LogP contribution in [-0.2, 0) is 6.54 Å². The lowest BCUT2D eigenvalue weighted by atomic mass is 10.1. The molecule has 0 unspecified atom stereocenters. The second-order valence-electron chi connectivity index (χ2n) is 5.42. The maximum Gasteiger partial charge on any atom is 0.287 e. The van der Waals surface area contributed by atoms with Crippen LogP contribution in [0.15, 0.2) is 67.1 Å². The minimum absolute atomic E-state index is 0.0248. The van der Waals surface area contributed by atoms with Gasteiger partial charge >= 0.3 is 0 Å². The number of hydrogen-bond acceptors (Lipinski definition) is 2. The third-order valence-electron chi connectivity index (χ3n) is 3.58. The highest BCUT2D eigenvalue weighted by Crippen LogP contribution is 2.16. The van der Waals surface area contributed by atoms with E-state index in [9.17, 15) is 4.79 Å². The third kappa shape index (κ3) is 3.82. The number of halogens is 1. The fraction of sp³-hybridized carbons (Fsp3) is 0.105. The van der Waals surface area contributed by atoms with E-state index in [2.05, 4.69) is 24.0 Å². The van der Waals surface area contributed by atoms with Crippen LogP contribution in [0.2, 0.25) is 5.02 Å². The molecule has 0 N–H and O–H groups in total. The van der Waals surface area contributed by atoms with E-state index in [0.717, 1.165) is 11.3 Å². The molecule has 0 radical (unpaired) electrons. The van der Waals surface area contributed by atoms with Crippen molar-refractivity contribution in [2.24, 2.45) is 0 Å². The molecule has 0 bridgehead atoms. The summed E-state index contributed by atoms with van der Waals surface area (Å²) >= 11 is 5.84. The zero-order valence-electron chi connectivity index (χ0n) is 12.7. The van der Waals surface area contributed by atoms with Gasteiger partial charge in [-0.15, -0.1) is 0 Å². The average molecular weight is 324 g/mol. The monoisotopic (exact) mass is 323 g/mol. The molecule has 0 aliphatic rings. The van der Waals surface area contributed by atoms with Crippen molar-refractivity contribution in [1.29, 1.82) is 0 Å². The molecule has 4 heteroatoms. The minimum Gasteiger partial charge on any atom is -0.290 e. The Kier molecular flexibility index (Phi) is 4.49. The van der Waals surface area contributed by atoms with Gasteiger partial charge in [-0.05, 0) is 42.2 Å². The number of benzene rings is 2. The van der Waals surface area contributed by atoms with Crippen LogP contribution in [0, 0.1) is 6.92 Å². The molecular weight excluding hydrogens is 308 g/mol. The predicted molar refractivity (Wildman–Crippen MR) is 90.4 cm³/mol. The molecule has 0 amide bonds. The van der Waals surface area contributed by atoms with Crippen LogP contribution in [0.4, 0.5) is 0 Å². The topological polar surface area (TPSA) is 33.8 Å². The molecule has 0 saturated carbocycles. The van der Waals surface area contributed by atoms with Gasteiger partial charge in [0.2, 0.25) is 5.78 Å². The summed E-state index contributed by atoms with van der Waals surface area (Å²) in [4.78, 5) is 16.7. The Balaban J connectivity index is 1.75. The smallest absolute Gasteiger partial charge is 0.287 e. The number of Topliss-reactive ketones (excluding diaryl/α,β-unsaturated/α-hetero) is 1. The van der Waals surface area contributed by atoms with E-state index in [1.54, 1.807) is 35.2 Å². The van der Waals surface area contributed by atoms with Gasteiger partial charge in [0, 0.05) is 22.2 Å². The lowest BCUT2D eigenvalue weighted by Crippen LogP contribution is -2.37. The summed E-state index contributed by atoms with van der Waals surface area (Å²) in [5, 5.41) is 0.623. The van der Waals surface area contributed by atoms with Crippen LogP contribution in [0.25, 0.3) is 11.3 Å². The number of hydrogen-bond donors (Lipinski definition) is 0. The van der Waals surface area contributed by atoms with Crippen molar-refractivity contribution >= 4 is 17.4 Å². The molecule has 3 rings (SSSR count). The van der Waals surface area contributed by atoms with Crippen LogP contribution >= 0.6 is 11.6 Å². The number of aromatic nitrogens is 2. The maximum atomic E-state index is 12.2. The van der Waals surface area contributed by atoms with E-state index in [-0.39, 0.29) is 12.3 Å². The average Bonchev–Trinajstić information content (AvgIpc) is 2.56. The van der Waals surface area contributed by atoms with Crippen LogP contribution < -0.4 is 4.57 Å². The van der Waals surface area contributed by atoms with Crippen LogP contribution in [0.1, 0.15) is 15.9 Å². The first-order valence-electron chi connectivity index (χ1n) is 7.33. The molecule has 3 aromatic rings. The molecule has 2 aromatic carbocycles. The highest BCUT2D eigenvalue weighted by Gasteiger charge is 2.11. The molecule has 3 nitrogen and oxygen atoms in total. The number of rotatable bonds is 4. The quantitative estimate of drug-likeness (QED) is 0.539. The van der Waals surface area contributed by atoms with Crippen molar-refractivity contribution in [2.75, 3.05) is 0 Å². The number of aryl methyl sites for hydroxylation is 1. The van der Waals surface area contributed by atoms with E-state index in [0.29, 0.717) is 10.6 Å². The molecule has 23 heavy (non-hydrogen) atoms. The molecule has 1 heterocycles. The largest absolute Gasteiger partial charge is 0.290 e. The summed E-state index contributed by atoms with van der Waals surface area (Å²) in [6.45, 7) is 2.31. The van der Waals surface area contributed by atoms with E-state index < -0.39 is 0 Å². The summed E-state index contributed by atoms with van der Waals surface area (Å²) in [5.41, 5.74) is 3.80. The lowest BCUT2D eigenvalue weighted by molar-refractivity contribution is -0.686. The van der Waals surface area contributed by atoms with Crippen molar-refractivity contribution < 1.29 is 9.36 Å². The molecule has 1 aromatic heterocycles. The van der Waals surface area contributed by atoms with Gasteiger partial charge < -0.3 is 0 Å². The standard InChI is InChI=1S/C19H16ClN2O/c1-14-3-2-4-16(11-14)18-9-10-22(13-21-18)12-19(23)15-5-7-17(20)8-6-15/h2-11,13H,12H2,1H3/q+1. The first-order valence-corrected chi connectivity index (χ1v) is 7.70. The van der Waals surface area contributed by atoms with Crippen molar-refractivity contribution in [2.45, 2.75) is 13.5 Å². The molecule has 0 spiro atoms. The Morgan fingerprint density at radius 3 is 2.57 bits per heavy atom. The zero-order valence-corrected chi connectivity index (χ0v) is 13.5. The lowest BCUT2D eigenvalue weighted by Gasteiger charge is -2.01. The fourth-order valence-electron chi connectivity index (χ4n) is 2.35. The van der Waals surface area contributed by atoms with E-state index >= 15 is 0 Å². The fourth-order valence-corrected chi connectivity index (χ4v) is 2.47. The van der Waals surface area contributed by atoms with Gasteiger partial charge in [0.1, 0.15) is 0 Å². The number of nitrogens with zero attached hydrogens (tertiary/aromatic N) is 2. The van der Waals surface area contributed by atoms with Crippen LogP contribution in [0.5, 0.6) is 0 Å². The van der Waals surface area contributed by atoms with Gasteiger partial charge in [0.15, 0.2) is 12.2 Å². The summed E-state index contributed by atoms with van der Waals surface area (Å²) in [5.74, 6) is 0.0248. The Labute approximate surface area is 140 Å². The molecular formula is C19H16ClN2O+. The van der Waals surface area contributed by atoms with Crippen molar-refractivity contribution in [3.8, 4) is 11.3 Å². The SMILES string of the molecule is Cc1cccc(-c2cc[n+](CC(=O)c3ccc(Cl)cc3)cn2)c1. The first-order chi connectivity index (χ1) is 11.1.